The van der Waals surface area contributed by atoms with Crippen molar-refractivity contribution in [3.8, 4) is 11.5 Å². The minimum absolute atomic E-state index is 0.164. The Hall–Kier alpha value is -2.82. The molecule has 2 aromatic carbocycles. The quantitative estimate of drug-likeness (QED) is 0.628. The number of benzene rings is 2. The molecule has 0 aliphatic carbocycles. The molecule has 5 heteroatoms. The summed E-state index contributed by atoms with van der Waals surface area (Å²) >= 11 is 0. The second kappa shape index (κ2) is 7.26. The molecule has 0 aliphatic heterocycles. The highest BCUT2D eigenvalue weighted by atomic mass is 16.5. The third kappa shape index (κ3) is 3.44. The van der Waals surface area contributed by atoms with E-state index in [1.807, 2.05) is 36.4 Å². The Balaban J connectivity index is 2.37. The second-order valence-corrected chi connectivity index (χ2v) is 4.48. The fourth-order valence-corrected chi connectivity index (χ4v) is 2.00. The van der Waals surface area contributed by atoms with Gasteiger partial charge in [-0.25, -0.2) is 4.99 Å². The van der Waals surface area contributed by atoms with Crippen molar-refractivity contribution in [2.75, 3.05) is 19.1 Å². The number of rotatable bonds is 5. The van der Waals surface area contributed by atoms with Crippen LogP contribution in [0.3, 0.4) is 0 Å². The average molecular weight is 298 g/mol. The first-order valence-electron chi connectivity index (χ1n) is 6.77. The van der Waals surface area contributed by atoms with Crippen LogP contribution in [0, 0.1) is 0 Å². The van der Waals surface area contributed by atoms with E-state index in [9.17, 15) is 4.79 Å². The first-order chi connectivity index (χ1) is 10.7. The Morgan fingerprint density at radius 3 is 2.23 bits per heavy atom. The van der Waals surface area contributed by atoms with Gasteiger partial charge in [-0.2, -0.15) is 0 Å². The van der Waals surface area contributed by atoms with Gasteiger partial charge < -0.3 is 9.47 Å². The third-order valence-corrected chi connectivity index (χ3v) is 3.08. The van der Waals surface area contributed by atoms with Crippen LogP contribution in [0.25, 0.3) is 0 Å². The van der Waals surface area contributed by atoms with Gasteiger partial charge in [0.1, 0.15) is 23.5 Å². The molecule has 0 N–H and O–H groups in total. The smallest absolute Gasteiger partial charge is 0.229 e. The zero-order valence-electron chi connectivity index (χ0n) is 12.8. The van der Waals surface area contributed by atoms with Gasteiger partial charge in [0.15, 0.2) is 0 Å². The Morgan fingerprint density at radius 1 is 1.00 bits per heavy atom. The molecule has 0 aliphatic rings. The summed E-state index contributed by atoms with van der Waals surface area (Å²) in [6, 6.07) is 14.6. The number of para-hydroxylation sites is 4. The molecule has 0 unspecified atom stereocenters. The molecule has 0 heterocycles. The van der Waals surface area contributed by atoms with Crippen LogP contribution in [0.15, 0.2) is 53.5 Å². The van der Waals surface area contributed by atoms with Gasteiger partial charge >= 0.3 is 0 Å². The van der Waals surface area contributed by atoms with Gasteiger partial charge in [-0.15, -0.1) is 0 Å². The maximum Gasteiger partial charge on any atom is 0.229 e. The zero-order valence-corrected chi connectivity index (χ0v) is 12.8. The van der Waals surface area contributed by atoms with Crippen LogP contribution in [0.1, 0.15) is 6.92 Å². The molecule has 0 saturated carbocycles. The zero-order chi connectivity index (χ0) is 15.9. The van der Waals surface area contributed by atoms with E-state index in [1.165, 1.54) is 18.2 Å². The Labute approximate surface area is 129 Å². The summed E-state index contributed by atoms with van der Waals surface area (Å²) in [5.41, 5.74) is 1.28. The van der Waals surface area contributed by atoms with Crippen molar-refractivity contribution >= 4 is 23.6 Å². The lowest BCUT2D eigenvalue weighted by Gasteiger charge is -2.18. The maximum atomic E-state index is 11.9. The van der Waals surface area contributed by atoms with Gasteiger partial charge in [0.2, 0.25) is 5.91 Å². The molecule has 0 atom stereocenters. The molecule has 114 valence electrons. The van der Waals surface area contributed by atoms with E-state index in [0.29, 0.717) is 22.9 Å². The lowest BCUT2D eigenvalue weighted by Crippen LogP contribution is -2.27. The maximum absolute atomic E-state index is 11.9. The van der Waals surface area contributed by atoms with Crippen LogP contribution >= 0.6 is 0 Å². The van der Waals surface area contributed by atoms with Crippen molar-refractivity contribution in [1.82, 2.24) is 0 Å². The molecule has 0 aromatic heterocycles. The Bertz CT molecular complexity index is 683. The number of anilines is 1. The third-order valence-electron chi connectivity index (χ3n) is 3.08. The van der Waals surface area contributed by atoms with E-state index < -0.39 is 0 Å². The molecule has 0 spiro atoms. The van der Waals surface area contributed by atoms with Gasteiger partial charge in [-0.05, 0) is 24.3 Å². The van der Waals surface area contributed by atoms with Crippen LogP contribution in [0.2, 0.25) is 0 Å². The van der Waals surface area contributed by atoms with Crippen molar-refractivity contribution in [2.24, 2.45) is 4.99 Å². The lowest BCUT2D eigenvalue weighted by atomic mass is 10.2. The van der Waals surface area contributed by atoms with Crippen molar-refractivity contribution in [3.05, 3.63) is 48.5 Å². The van der Waals surface area contributed by atoms with Gasteiger partial charge in [-0.1, -0.05) is 24.3 Å². The van der Waals surface area contributed by atoms with Gasteiger partial charge in [0.05, 0.1) is 19.9 Å². The van der Waals surface area contributed by atoms with Crippen molar-refractivity contribution in [1.29, 1.82) is 0 Å². The summed E-state index contributed by atoms with van der Waals surface area (Å²) in [6.07, 6.45) is 1.47. The second-order valence-electron chi connectivity index (χ2n) is 4.48. The van der Waals surface area contributed by atoms with E-state index in [0.717, 1.165) is 0 Å². The minimum Gasteiger partial charge on any atom is -0.495 e. The topological polar surface area (TPSA) is 51.1 Å². The summed E-state index contributed by atoms with van der Waals surface area (Å²) in [6.45, 7) is 1.47. The summed E-state index contributed by atoms with van der Waals surface area (Å²) in [4.78, 5) is 17.7. The Kier molecular flexibility index (Phi) is 5.14. The first kappa shape index (κ1) is 15.6. The number of ether oxygens (including phenoxy) is 2. The first-order valence-corrected chi connectivity index (χ1v) is 6.77. The standard InChI is InChI=1S/C17H18N2O3/c1-13(20)19(15-9-5-7-11-17(15)22-3)12-18-14-8-4-6-10-16(14)21-2/h4-12H,1-3H3. The molecule has 0 radical (unpaired) electrons. The van der Waals surface area contributed by atoms with Gasteiger partial charge in [0.25, 0.3) is 0 Å². The number of nitrogens with zero attached hydrogens (tertiary/aromatic N) is 2. The van der Waals surface area contributed by atoms with Crippen LogP contribution in [0.5, 0.6) is 11.5 Å². The van der Waals surface area contributed by atoms with Crippen molar-refractivity contribution in [2.45, 2.75) is 6.92 Å². The average Bonchev–Trinajstić information content (AvgIpc) is 2.55. The predicted octanol–water partition coefficient (Wildman–Crippen LogP) is 3.42. The van der Waals surface area contributed by atoms with E-state index >= 15 is 0 Å². The van der Waals surface area contributed by atoms with E-state index in [-0.39, 0.29) is 5.91 Å². The lowest BCUT2D eigenvalue weighted by molar-refractivity contribution is -0.115. The molecule has 2 aromatic rings. The van der Waals surface area contributed by atoms with Crippen molar-refractivity contribution in [3.63, 3.8) is 0 Å². The molecule has 2 rings (SSSR count). The van der Waals surface area contributed by atoms with E-state index in [4.69, 9.17) is 9.47 Å². The van der Waals surface area contributed by atoms with Gasteiger partial charge in [0, 0.05) is 6.92 Å². The summed E-state index contributed by atoms with van der Waals surface area (Å²) < 4.78 is 10.5. The summed E-state index contributed by atoms with van der Waals surface area (Å²) in [5, 5.41) is 0. The number of carbonyl (C=O) groups excluding carboxylic acids is 1. The van der Waals surface area contributed by atoms with Crippen LogP contribution in [0.4, 0.5) is 11.4 Å². The number of hydrogen-bond acceptors (Lipinski definition) is 4. The number of carbonyl (C=O) groups is 1. The fourth-order valence-electron chi connectivity index (χ4n) is 2.00. The van der Waals surface area contributed by atoms with Crippen LogP contribution in [-0.4, -0.2) is 26.5 Å². The highest BCUT2D eigenvalue weighted by molar-refractivity contribution is 6.08. The molecule has 1 amide bonds. The van der Waals surface area contributed by atoms with Gasteiger partial charge in [-0.3, -0.25) is 9.69 Å². The molecule has 5 nitrogen and oxygen atoms in total. The number of hydrogen-bond donors (Lipinski definition) is 0. The molecular formula is C17H18N2O3. The SMILES string of the molecule is COc1ccccc1N=CN(C(C)=O)c1ccccc1OC. The highest BCUT2D eigenvalue weighted by Crippen LogP contribution is 2.29. The molecule has 0 bridgehead atoms. The number of methoxy groups -OCH3 is 2. The number of aliphatic imine (C=N–C) groups is 1. The normalized spacial score (nSPS) is 10.5. The number of amides is 1. The van der Waals surface area contributed by atoms with Crippen LogP contribution < -0.4 is 14.4 Å². The van der Waals surface area contributed by atoms with Crippen molar-refractivity contribution < 1.29 is 14.3 Å². The molecule has 22 heavy (non-hydrogen) atoms. The Morgan fingerprint density at radius 2 is 1.59 bits per heavy atom. The fraction of sp³-hybridized carbons (Fsp3) is 0.176. The summed E-state index contributed by atoms with van der Waals surface area (Å²) in [5.74, 6) is 1.08. The molecule has 0 saturated heterocycles. The summed E-state index contributed by atoms with van der Waals surface area (Å²) in [7, 11) is 3.14. The predicted molar refractivity (Wildman–Crippen MR) is 87.3 cm³/mol. The van der Waals surface area contributed by atoms with E-state index in [1.54, 1.807) is 26.4 Å². The van der Waals surface area contributed by atoms with E-state index in [2.05, 4.69) is 4.99 Å². The molecule has 0 fully saturated rings. The largest absolute Gasteiger partial charge is 0.495 e. The highest BCUT2D eigenvalue weighted by Gasteiger charge is 2.14. The minimum atomic E-state index is -0.164. The monoisotopic (exact) mass is 298 g/mol. The van der Waals surface area contributed by atoms with Crippen LogP contribution in [-0.2, 0) is 4.79 Å². The molecular weight excluding hydrogens is 280 g/mol.